The number of hydrogen-bond donors (Lipinski definition) is 1. The van der Waals surface area contributed by atoms with Crippen LogP contribution in [-0.4, -0.2) is 31.5 Å². The van der Waals surface area contributed by atoms with Crippen LogP contribution in [0.5, 0.6) is 0 Å². The third kappa shape index (κ3) is 1.68. The minimum absolute atomic E-state index is 0.362. The molecule has 0 aromatic rings. The Morgan fingerprint density at radius 3 is 2.58 bits per heavy atom. The normalized spacial score (nSPS) is 29.3. The number of rotatable bonds is 2. The summed E-state index contributed by atoms with van der Waals surface area (Å²) in [6, 6.07) is 0. The summed E-state index contributed by atoms with van der Waals surface area (Å²) in [7, 11) is 3.12. The lowest BCUT2D eigenvalue weighted by Gasteiger charge is -2.24. The topological polar surface area (TPSA) is 38.7 Å². The highest BCUT2D eigenvalue weighted by molar-refractivity contribution is 5.29. The van der Waals surface area contributed by atoms with Gasteiger partial charge in [-0.25, -0.2) is 0 Å². The van der Waals surface area contributed by atoms with E-state index < -0.39 is 6.10 Å². The van der Waals surface area contributed by atoms with Crippen molar-refractivity contribution in [2.45, 2.75) is 19.1 Å². The van der Waals surface area contributed by atoms with Gasteiger partial charge in [-0.1, -0.05) is 6.08 Å². The second kappa shape index (κ2) is 3.74. The van der Waals surface area contributed by atoms with Crippen molar-refractivity contribution in [3.63, 3.8) is 0 Å². The van der Waals surface area contributed by atoms with Crippen LogP contribution in [0.25, 0.3) is 0 Å². The molecule has 0 radical (unpaired) electrons. The Balaban J connectivity index is 2.85. The van der Waals surface area contributed by atoms with Crippen LogP contribution >= 0.6 is 0 Å². The summed E-state index contributed by atoms with van der Waals surface area (Å²) in [4.78, 5) is 0. The van der Waals surface area contributed by atoms with Crippen LogP contribution < -0.4 is 0 Å². The number of aliphatic hydroxyl groups is 1. The van der Waals surface area contributed by atoms with Crippen molar-refractivity contribution in [3.8, 4) is 0 Å². The summed E-state index contributed by atoms with van der Waals surface area (Å²) in [5.74, 6) is 0.671. The van der Waals surface area contributed by atoms with Crippen molar-refractivity contribution in [2.75, 3.05) is 14.2 Å². The Labute approximate surface area is 72.3 Å². The van der Waals surface area contributed by atoms with Crippen molar-refractivity contribution in [3.05, 3.63) is 23.5 Å². The van der Waals surface area contributed by atoms with Crippen molar-refractivity contribution in [2.24, 2.45) is 0 Å². The molecule has 0 aliphatic heterocycles. The van der Waals surface area contributed by atoms with Gasteiger partial charge in [0.25, 0.3) is 0 Å². The average molecular weight is 170 g/mol. The molecule has 1 N–H and O–H groups in total. The molecule has 0 heterocycles. The quantitative estimate of drug-likeness (QED) is 0.667. The van der Waals surface area contributed by atoms with Crippen LogP contribution in [0.1, 0.15) is 6.92 Å². The van der Waals surface area contributed by atoms with E-state index in [1.165, 1.54) is 0 Å². The van der Waals surface area contributed by atoms with E-state index in [4.69, 9.17) is 9.47 Å². The first-order valence-electron chi connectivity index (χ1n) is 3.84. The maximum atomic E-state index is 9.52. The van der Waals surface area contributed by atoms with Crippen LogP contribution in [0, 0.1) is 0 Å². The lowest BCUT2D eigenvalue weighted by molar-refractivity contribution is 0.00147. The second-order valence-electron chi connectivity index (χ2n) is 2.81. The molecule has 1 aliphatic rings. The molecule has 0 bridgehead atoms. The molecule has 2 atom stereocenters. The Morgan fingerprint density at radius 1 is 1.42 bits per heavy atom. The van der Waals surface area contributed by atoms with E-state index in [-0.39, 0.29) is 6.10 Å². The highest BCUT2D eigenvalue weighted by atomic mass is 16.5. The largest absolute Gasteiger partial charge is 0.498 e. The lowest BCUT2D eigenvalue weighted by Crippen LogP contribution is -2.31. The lowest BCUT2D eigenvalue weighted by atomic mass is 10.0. The zero-order valence-electron chi connectivity index (χ0n) is 7.57. The minimum Gasteiger partial charge on any atom is -0.498 e. The fraction of sp³-hybridized carbons (Fsp3) is 0.556. The van der Waals surface area contributed by atoms with E-state index in [1.807, 2.05) is 13.0 Å². The van der Waals surface area contributed by atoms with Gasteiger partial charge in [-0.3, -0.25) is 0 Å². The van der Waals surface area contributed by atoms with Crippen LogP contribution in [0.15, 0.2) is 23.5 Å². The van der Waals surface area contributed by atoms with Crippen molar-refractivity contribution < 1.29 is 14.6 Å². The molecule has 1 aliphatic carbocycles. The standard InChI is InChI=1S/C9H14O3/c1-6-4-7(10)9(12-3)8(5-6)11-2/h4-5,7,9-10H,1-3H3. The highest BCUT2D eigenvalue weighted by Gasteiger charge is 2.25. The zero-order chi connectivity index (χ0) is 9.14. The van der Waals surface area contributed by atoms with Gasteiger partial charge < -0.3 is 14.6 Å². The number of allylic oxidation sites excluding steroid dienone is 2. The van der Waals surface area contributed by atoms with Crippen molar-refractivity contribution in [1.82, 2.24) is 0 Å². The monoisotopic (exact) mass is 170 g/mol. The molecule has 0 fully saturated rings. The summed E-state index contributed by atoms with van der Waals surface area (Å²) >= 11 is 0. The van der Waals surface area contributed by atoms with Crippen molar-refractivity contribution >= 4 is 0 Å². The predicted molar refractivity (Wildman–Crippen MR) is 45.7 cm³/mol. The predicted octanol–water partition coefficient (Wildman–Crippen LogP) is 0.853. The molecule has 0 aromatic heterocycles. The maximum Gasteiger partial charge on any atom is 0.143 e. The summed E-state index contributed by atoms with van der Waals surface area (Å²) in [5, 5.41) is 9.52. The van der Waals surface area contributed by atoms with E-state index in [9.17, 15) is 5.11 Å². The zero-order valence-corrected chi connectivity index (χ0v) is 7.57. The third-order valence-corrected chi connectivity index (χ3v) is 1.88. The molecule has 0 aromatic carbocycles. The first-order chi connectivity index (χ1) is 5.69. The fourth-order valence-corrected chi connectivity index (χ4v) is 1.31. The van der Waals surface area contributed by atoms with E-state index in [0.29, 0.717) is 5.76 Å². The second-order valence-corrected chi connectivity index (χ2v) is 2.81. The Morgan fingerprint density at radius 2 is 2.08 bits per heavy atom. The molecule has 68 valence electrons. The maximum absolute atomic E-state index is 9.52. The summed E-state index contributed by atoms with van der Waals surface area (Å²) < 4.78 is 10.1. The summed E-state index contributed by atoms with van der Waals surface area (Å²) in [5.41, 5.74) is 0.993. The Kier molecular flexibility index (Phi) is 2.89. The molecule has 0 amide bonds. The number of ether oxygens (including phenoxy) is 2. The van der Waals surface area contributed by atoms with Gasteiger partial charge >= 0.3 is 0 Å². The van der Waals surface area contributed by atoms with Gasteiger partial charge in [0.15, 0.2) is 0 Å². The van der Waals surface area contributed by atoms with Crippen LogP contribution in [-0.2, 0) is 9.47 Å². The van der Waals surface area contributed by atoms with E-state index in [2.05, 4.69) is 0 Å². The molecule has 3 nitrogen and oxygen atoms in total. The van der Waals surface area contributed by atoms with E-state index >= 15 is 0 Å². The van der Waals surface area contributed by atoms with Gasteiger partial charge in [0.05, 0.1) is 7.11 Å². The SMILES string of the molecule is COC1=CC(C)=CC(O)C1OC. The molecule has 0 spiro atoms. The Hall–Kier alpha value is -0.800. The van der Waals surface area contributed by atoms with E-state index in [0.717, 1.165) is 5.57 Å². The van der Waals surface area contributed by atoms with Gasteiger partial charge in [0.2, 0.25) is 0 Å². The molecule has 2 unspecified atom stereocenters. The molecule has 12 heavy (non-hydrogen) atoms. The molecule has 1 rings (SSSR count). The van der Waals surface area contributed by atoms with Crippen LogP contribution in [0.4, 0.5) is 0 Å². The number of aliphatic hydroxyl groups excluding tert-OH is 1. The Bertz CT molecular complexity index is 218. The van der Waals surface area contributed by atoms with Gasteiger partial charge in [-0.2, -0.15) is 0 Å². The van der Waals surface area contributed by atoms with Gasteiger partial charge in [0, 0.05) is 7.11 Å². The summed E-state index contributed by atoms with van der Waals surface area (Å²) in [6.07, 6.45) is 2.64. The van der Waals surface area contributed by atoms with Gasteiger partial charge in [-0.05, 0) is 18.6 Å². The minimum atomic E-state index is -0.602. The molecule has 3 heteroatoms. The van der Waals surface area contributed by atoms with Crippen LogP contribution in [0.2, 0.25) is 0 Å². The smallest absolute Gasteiger partial charge is 0.143 e. The molecular weight excluding hydrogens is 156 g/mol. The first-order valence-corrected chi connectivity index (χ1v) is 3.84. The molecular formula is C9H14O3. The van der Waals surface area contributed by atoms with Gasteiger partial charge in [-0.15, -0.1) is 0 Å². The summed E-state index contributed by atoms with van der Waals surface area (Å²) in [6.45, 7) is 1.91. The first kappa shape index (κ1) is 9.29. The van der Waals surface area contributed by atoms with E-state index in [1.54, 1.807) is 20.3 Å². The van der Waals surface area contributed by atoms with Crippen molar-refractivity contribution in [1.29, 1.82) is 0 Å². The van der Waals surface area contributed by atoms with Gasteiger partial charge in [0.1, 0.15) is 18.0 Å². The highest BCUT2D eigenvalue weighted by Crippen LogP contribution is 2.20. The molecule has 0 saturated carbocycles. The number of methoxy groups -OCH3 is 2. The average Bonchev–Trinajstić information content (AvgIpc) is 2.03. The molecule has 0 saturated heterocycles. The number of hydrogen-bond acceptors (Lipinski definition) is 3. The van der Waals surface area contributed by atoms with Crippen LogP contribution in [0.3, 0.4) is 0 Å². The third-order valence-electron chi connectivity index (χ3n) is 1.88. The fourth-order valence-electron chi connectivity index (χ4n) is 1.31.